The summed E-state index contributed by atoms with van der Waals surface area (Å²) >= 11 is 1.57. The van der Waals surface area contributed by atoms with Gasteiger partial charge in [0.2, 0.25) is 0 Å². The van der Waals surface area contributed by atoms with Crippen LogP contribution in [0.1, 0.15) is 19.3 Å². The summed E-state index contributed by atoms with van der Waals surface area (Å²) in [6, 6.07) is 2.13. The van der Waals surface area contributed by atoms with Crippen molar-refractivity contribution in [1.82, 2.24) is 4.98 Å². The molecule has 0 saturated heterocycles. The monoisotopic (exact) mass is 233 g/mol. The summed E-state index contributed by atoms with van der Waals surface area (Å²) in [7, 11) is 0. The summed E-state index contributed by atoms with van der Waals surface area (Å²) in [5.41, 5.74) is 0. The number of hydrogen-bond donors (Lipinski definition) is 1. The number of nitrogens with one attached hydrogen (secondary N) is 1. The normalized spacial score (nSPS) is 11.1. The predicted octanol–water partition coefficient (Wildman–Crippen LogP) is 1.63. The smallest absolute Gasteiger partial charge is 0.183 e. The summed E-state index contributed by atoms with van der Waals surface area (Å²) in [5.74, 6) is 0. The van der Waals surface area contributed by atoms with Crippen LogP contribution in [0, 0.1) is 11.3 Å². The highest BCUT2D eigenvalue weighted by Gasteiger charge is 1.97. The zero-order valence-corrected chi connectivity index (χ0v) is 10.0. The van der Waals surface area contributed by atoms with E-state index in [0.717, 1.165) is 34.4 Å². The second-order valence-corrected chi connectivity index (χ2v) is 4.30. The molecule has 1 rings (SSSR count). The Kier molecular flexibility index (Phi) is 5.30. The molecule has 0 radical (unpaired) electrons. The first-order valence-corrected chi connectivity index (χ1v) is 5.99. The third kappa shape index (κ3) is 3.87. The minimum Gasteiger partial charge on any atom is -0.361 e. The molecule has 4 heteroatoms. The van der Waals surface area contributed by atoms with Crippen LogP contribution in [0.5, 0.6) is 0 Å². The standard InChI is InChI=1S/C12H15N3S/c1-3-7-11-10(2)15-12(16-11)14-9-6-4-5-8-13/h3,7H,1-2,4-6,9H2,(H,14,15)/b11-7+. The number of nitriles is 1. The van der Waals surface area contributed by atoms with Gasteiger partial charge in [-0.05, 0) is 18.9 Å². The van der Waals surface area contributed by atoms with Crippen LogP contribution in [0.15, 0.2) is 12.7 Å². The highest BCUT2D eigenvalue weighted by Crippen LogP contribution is 2.04. The van der Waals surface area contributed by atoms with Gasteiger partial charge in [-0.2, -0.15) is 5.26 Å². The van der Waals surface area contributed by atoms with Crippen LogP contribution < -0.4 is 15.2 Å². The molecule has 0 bridgehead atoms. The van der Waals surface area contributed by atoms with Gasteiger partial charge in [-0.25, -0.2) is 4.98 Å². The summed E-state index contributed by atoms with van der Waals surface area (Å²) in [6.07, 6.45) is 6.17. The third-order valence-electron chi connectivity index (χ3n) is 1.99. The topological polar surface area (TPSA) is 48.7 Å². The van der Waals surface area contributed by atoms with Crippen molar-refractivity contribution in [2.24, 2.45) is 0 Å². The van der Waals surface area contributed by atoms with E-state index in [2.05, 4.69) is 29.5 Å². The number of unbranched alkanes of at least 4 members (excludes halogenated alkanes) is 2. The van der Waals surface area contributed by atoms with Crippen molar-refractivity contribution in [3.63, 3.8) is 0 Å². The van der Waals surface area contributed by atoms with Crippen molar-refractivity contribution in [3.8, 4) is 6.07 Å². The summed E-state index contributed by atoms with van der Waals surface area (Å²) in [4.78, 5) is 4.30. The molecule has 1 aromatic rings. The molecule has 84 valence electrons. The van der Waals surface area contributed by atoms with Crippen LogP contribution >= 0.6 is 11.3 Å². The van der Waals surface area contributed by atoms with E-state index in [4.69, 9.17) is 5.26 Å². The van der Waals surface area contributed by atoms with E-state index in [1.165, 1.54) is 0 Å². The lowest BCUT2D eigenvalue weighted by atomic mass is 10.2. The SMILES string of the molecule is C=C/C=c1/sc(NCCCCC#N)nc1=C. The fourth-order valence-corrected chi connectivity index (χ4v) is 2.07. The van der Waals surface area contributed by atoms with Crippen molar-refractivity contribution < 1.29 is 0 Å². The van der Waals surface area contributed by atoms with Crippen molar-refractivity contribution in [1.29, 1.82) is 5.26 Å². The second-order valence-electron chi connectivity index (χ2n) is 3.27. The Labute approximate surface area is 99.4 Å². The van der Waals surface area contributed by atoms with E-state index in [-0.39, 0.29) is 0 Å². The molecule has 0 unspecified atom stereocenters. The van der Waals surface area contributed by atoms with E-state index in [0.29, 0.717) is 6.42 Å². The molecule has 1 heterocycles. The Bertz CT molecular complexity index is 481. The number of anilines is 1. The molecule has 0 aliphatic carbocycles. The molecule has 1 N–H and O–H groups in total. The first-order valence-electron chi connectivity index (χ1n) is 5.17. The lowest BCUT2D eigenvalue weighted by Crippen LogP contribution is -2.17. The number of hydrogen-bond acceptors (Lipinski definition) is 4. The van der Waals surface area contributed by atoms with Crippen LogP contribution in [0.2, 0.25) is 0 Å². The molecule has 0 fully saturated rings. The van der Waals surface area contributed by atoms with Crippen LogP contribution in [0.3, 0.4) is 0 Å². The van der Waals surface area contributed by atoms with Crippen molar-refractivity contribution >= 4 is 29.1 Å². The zero-order valence-electron chi connectivity index (χ0n) is 9.20. The second kappa shape index (κ2) is 6.81. The molecule has 0 amide bonds. The Morgan fingerprint density at radius 3 is 3.00 bits per heavy atom. The van der Waals surface area contributed by atoms with Gasteiger partial charge in [0.05, 0.1) is 16.0 Å². The van der Waals surface area contributed by atoms with E-state index < -0.39 is 0 Å². The fraction of sp³-hybridized carbons (Fsp3) is 0.333. The lowest BCUT2D eigenvalue weighted by Gasteiger charge is -1.99. The maximum atomic E-state index is 8.38. The maximum Gasteiger partial charge on any atom is 0.183 e. The number of rotatable bonds is 6. The third-order valence-corrected chi connectivity index (χ3v) is 3.01. The Hall–Kier alpha value is -1.60. The average Bonchev–Trinajstić information content (AvgIpc) is 2.60. The van der Waals surface area contributed by atoms with Gasteiger partial charge in [0, 0.05) is 13.0 Å². The largest absolute Gasteiger partial charge is 0.361 e. The minimum absolute atomic E-state index is 0.621. The van der Waals surface area contributed by atoms with E-state index in [1.54, 1.807) is 17.4 Å². The highest BCUT2D eigenvalue weighted by atomic mass is 32.1. The molecule has 0 aliphatic heterocycles. The summed E-state index contributed by atoms with van der Waals surface area (Å²) < 4.78 is 1.04. The number of allylic oxidation sites excluding steroid dienone is 1. The maximum absolute atomic E-state index is 8.38. The highest BCUT2D eigenvalue weighted by molar-refractivity contribution is 7.13. The molecule has 16 heavy (non-hydrogen) atoms. The summed E-state index contributed by atoms with van der Waals surface area (Å²) in [6.45, 7) is 8.35. The van der Waals surface area contributed by atoms with E-state index >= 15 is 0 Å². The van der Waals surface area contributed by atoms with Crippen molar-refractivity contribution in [2.45, 2.75) is 19.3 Å². The van der Waals surface area contributed by atoms with Crippen LogP contribution in [0.25, 0.3) is 12.7 Å². The van der Waals surface area contributed by atoms with Crippen LogP contribution in [0.4, 0.5) is 5.13 Å². The number of aromatic nitrogens is 1. The first-order chi connectivity index (χ1) is 7.77. The lowest BCUT2D eigenvalue weighted by molar-refractivity contribution is 0.784. The molecular weight excluding hydrogens is 218 g/mol. The van der Waals surface area contributed by atoms with Crippen molar-refractivity contribution in [3.05, 3.63) is 22.5 Å². The molecule has 0 aliphatic rings. The van der Waals surface area contributed by atoms with Gasteiger partial charge in [-0.1, -0.05) is 30.6 Å². The summed E-state index contributed by atoms with van der Waals surface area (Å²) in [5, 5.41) is 13.3. The van der Waals surface area contributed by atoms with Crippen molar-refractivity contribution in [2.75, 3.05) is 11.9 Å². The fourth-order valence-electron chi connectivity index (χ4n) is 1.20. The molecular formula is C12H15N3S. The average molecular weight is 233 g/mol. The van der Waals surface area contributed by atoms with Gasteiger partial charge in [0.25, 0.3) is 0 Å². The van der Waals surface area contributed by atoms with E-state index in [9.17, 15) is 0 Å². The minimum atomic E-state index is 0.621. The predicted molar refractivity (Wildman–Crippen MR) is 69.5 cm³/mol. The quantitative estimate of drug-likeness (QED) is 0.760. The van der Waals surface area contributed by atoms with Gasteiger partial charge >= 0.3 is 0 Å². The molecule has 3 nitrogen and oxygen atoms in total. The van der Waals surface area contributed by atoms with Crippen LogP contribution in [-0.4, -0.2) is 11.5 Å². The number of thiazole rings is 1. The Morgan fingerprint density at radius 1 is 1.50 bits per heavy atom. The molecule has 1 aromatic heterocycles. The molecule has 0 saturated carbocycles. The number of nitrogens with zero attached hydrogens (tertiary/aromatic N) is 2. The van der Waals surface area contributed by atoms with Gasteiger partial charge < -0.3 is 5.32 Å². The Morgan fingerprint density at radius 2 is 2.31 bits per heavy atom. The van der Waals surface area contributed by atoms with Gasteiger partial charge in [-0.3, -0.25) is 0 Å². The molecule has 0 atom stereocenters. The van der Waals surface area contributed by atoms with E-state index in [1.807, 2.05) is 6.08 Å². The zero-order chi connectivity index (χ0) is 11.8. The Balaban J connectivity index is 2.47. The van der Waals surface area contributed by atoms with Gasteiger partial charge in [0.1, 0.15) is 0 Å². The van der Waals surface area contributed by atoms with Gasteiger partial charge in [0.15, 0.2) is 5.13 Å². The first kappa shape index (κ1) is 12.5. The molecule has 0 spiro atoms. The molecule has 0 aromatic carbocycles. The van der Waals surface area contributed by atoms with Crippen LogP contribution in [-0.2, 0) is 0 Å². The van der Waals surface area contributed by atoms with Gasteiger partial charge in [-0.15, -0.1) is 0 Å².